The second kappa shape index (κ2) is 12.5. The summed E-state index contributed by atoms with van der Waals surface area (Å²) in [5.41, 5.74) is 2.83. The van der Waals surface area contributed by atoms with Gasteiger partial charge in [-0.3, -0.25) is 9.69 Å². The van der Waals surface area contributed by atoms with Gasteiger partial charge in [0.25, 0.3) is 0 Å². The summed E-state index contributed by atoms with van der Waals surface area (Å²) in [6.45, 7) is 2.48. The topological polar surface area (TPSA) is 62.8 Å². The molecule has 2 atom stereocenters. The first kappa shape index (κ1) is 25.7. The van der Waals surface area contributed by atoms with Crippen molar-refractivity contribution >= 4 is 5.91 Å². The van der Waals surface area contributed by atoms with Crippen LogP contribution in [0.5, 0.6) is 11.5 Å². The summed E-state index contributed by atoms with van der Waals surface area (Å²) in [4.78, 5) is 15.4. The number of nitrogens with one attached hydrogen (secondary N) is 2. The Morgan fingerprint density at radius 2 is 1.67 bits per heavy atom. The van der Waals surface area contributed by atoms with Crippen LogP contribution in [0.4, 0.5) is 4.39 Å². The summed E-state index contributed by atoms with van der Waals surface area (Å²) < 4.78 is 24.7. The van der Waals surface area contributed by atoms with Crippen molar-refractivity contribution in [1.29, 1.82) is 0 Å². The lowest BCUT2D eigenvalue weighted by Gasteiger charge is -2.23. The van der Waals surface area contributed by atoms with E-state index in [-0.39, 0.29) is 23.8 Å². The Labute approximate surface area is 212 Å². The van der Waals surface area contributed by atoms with Crippen LogP contribution in [-0.4, -0.2) is 50.2 Å². The number of ether oxygens (including phenoxy) is 2. The van der Waals surface area contributed by atoms with E-state index in [9.17, 15) is 9.18 Å². The number of carbonyl (C=O) groups is 1. The zero-order valence-corrected chi connectivity index (χ0v) is 20.9. The van der Waals surface area contributed by atoms with Crippen LogP contribution in [0.15, 0.2) is 72.8 Å². The van der Waals surface area contributed by atoms with Gasteiger partial charge in [-0.25, -0.2) is 4.39 Å². The first-order valence-electron chi connectivity index (χ1n) is 12.3. The molecule has 0 unspecified atom stereocenters. The largest absolute Gasteiger partial charge is 0.497 e. The second-order valence-corrected chi connectivity index (χ2v) is 9.10. The molecule has 3 aromatic rings. The van der Waals surface area contributed by atoms with Crippen molar-refractivity contribution in [2.24, 2.45) is 0 Å². The van der Waals surface area contributed by atoms with E-state index in [1.807, 2.05) is 42.5 Å². The van der Waals surface area contributed by atoms with Crippen LogP contribution in [0, 0.1) is 5.82 Å². The molecular weight excluding hydrogens is 457 g/mol. The van der Waals surface area contributed by atoms with E-state index >= 15 is 0 Å². The van der Waals surface area contributed by atoms with Gasteiger partial charge < -0.3 is 20.1 Å². The van der Waals surface area contributed by atoms with Gasteiger partial charge in [-0.1, -0.05) is 48.5 Å². The molecule has 0 saturated carbocycles. The Morgan fingerprint density at radius 3 is 2.36 bits per heavy atom. The van der Waals surface area contributed by atoms with Crippen LogP contribution < -0.4 is 20.1 Å². The molecular formula is C29H34FN3O3. The molecule has 4 rings (SSSR count). The molecule has 1 amide bonds. The zero-order chi connectivity index (χ0) is 25.3. The first-order valence-corrected chi connectivity index (χ1v) is 12.3. The van der Waals surface area contributed by atoms with E-state index in [1.54, 1.807) is 26.4 Å². The Morgan fingerprint density at radius 1 is 0.972 bits per heavy atom. The number of rotatable bonds is 11. The number of carbonyl (C=O) groups excluding carboxylic acids is 1. The van der Waals surface area contributed by atoms with Gasteiger partial charge in [0.15, 0.2) is 0 Å². The molecule has 2 N–H and O–H groups in total. The Hall–Kier alpha value is -3.42. The van der Waals surface area contributed by atoms with Gasteiger partial charge in [0.05, 0.1) is 20.3 Å². The molecule has 0 spiro atoms. The van der Waals surface area contributed by atoms with Crippen LogP contribution in [0.2, 0.25) is 0 Å². The van der Waals surface area contributed by atoms with Crippen LogP contribution >= 0.6 is 0 Å². The molecule has 0 aliphatic carbocycles. The maximum atomic E-state index is 13.9. The van der Waals surface area contributed by atoms with Gasteiger partial charge in [-0.2, -0.15) is 0 Å². The molecule has 1 aliphatic heterocycles. The minimum atomic E-state index is -0.261. The number of nitrogens with zero attached hydrogens (tertiary/aromatic N) is 1. The van der Waals surface area contributed by atoms with Crippen LogP contribution in [0.25, 0.3) is 0 Å². The van der Waals surface area contributed by atoms with E-state index in [0.717, 1.165) is 23.6 Å². The lowest BCUT2D eigenvalue weighted by Crippen LogP contribution is -2.43. The predicted octanol–water partition coefficient (Wildman–Crippen LogP) is 3.93. The molecule has 1 fully saturated rings. The number of amides is 1. The van der Waals surface area contributed by atoms with Crippen molar-refractivity contribution in [3.05, 3.63) is 95.3 Å². The Kier molecular flexibility index (Phi) is 8.92. The quantitative estimate of drug-likeness (QED) is 0.426. The van der Waals surface area contributed by atoms with Gasteiger partial charge in [0.1, 0.15) is 17.3 Å². The zero-order valence-electron chi connectivity index (χ0n) is 20.9. The fourth-order valence-electron chi connectivity index (χ4n) is 4.69. The van der Waals surface area contributed by atoms with E-state index in [1.165, 1.54) is 11.6 Å². The summed E-state index contributed by atoms with van der Waals surface area (Å²) in [6, 6.07) is 22.6. The maximum Gasteiger partial charge on any atom is 0.237 e. The number of hydrogen-bond donors (Lipinski definition) is 2. The van der Waals surface area contributed by atoms with Crippen molar-refractivity contribution in [1.82, 2.24) is 15.5 Å². The summed E-state index contributed by atoms with van der Waals surface area (Å²) in [5, 5.41) is 6.64. The van der Waals surface area contributed by atoms with Crippen molar-refractivity contribution in [3.8, 4) is 11.5 Å². The number of benzene rings is 3. The van der Waals surface area contributed by atoms with E-state index in [2.05, 4.69) is 27.7 Å². The van der Waals surface area contributed by atoms with Gasteiger partial charge in [0, 0.05) is 38.3 Å². The SMILES string of the molecule is COc1cc(CN[C@H]2C[C@@H](C(=O)NCCc3ccccc3F)N(Cc3ccccc3)C2)cc(OC)c1. The number of methoxy groups -OCH3 is 2. The van der Waals surface area contributed by atoms with Crippen molar-refractivity contribution in [3.63, 3.8) is 0 Å². The van der Waals surface area contributed by atoms with Gasteiger partial charge in [0.2, 0.25) is 5.91 Å². The van der Waals surface area contributed by atoms with E-state index in [4.69, 9.17) is 9.47 Å². The van der Waals surface area contributed by atoms with E-state index < -0.39 is 0 Å². The molecule has 6 nitrogen and oxygen atoms in total. The van der Waals surface area contributed by atoms with Gasteiger partial charge >= 0.3 is 0 Å². The Bertz CT molecular complexity index is 1120. The minimum Gasteiger partial charge on any atom is -0.497 e. The lowest BCUT2D eigenvalue weighted by atomic mass is 10.1. The van der Waals surface area contributed by atoms with Crippen molar-refractivity contribution in [2.75, 3.05) is 27.3 Å². The Balaban J connectivity index is 1.39. The van der Waals surface area contributed by atoms with Crippen LogP contribution in [0.1, 0.15) is 23.1 Å². The number of likely N-dealkylation sites (tertiary alicyclic amines) is 1. The monoisotopic (exact) mass is 491 g/mol. The average Bonchev–Trinajstić information content (AvgIpc) is 3.31. The lowest BCUT2D eigenvalue weighted by molar-refractivity contribution is -0.125. The molecule has 0 radical (unpaired) electrons. The van der Waals surface area contributed by atoms with Crippen LogP contribution in [0.3, 0.4) is 0 Å². The first-order chi connectivity index (χ1) is 17.6. The molecule has 36 heavy (non-hydrogen) atoms. The highest BCUT2D eigenvalue weighted by molar-refractivity contribution is 5.82. The summed E-state index contributed by atoms with van der Waals surface area (Å²) >= 11 is 0. The molecule has 1 saturated heterocycles. The molecule has 1 heterocycles. The van der Waals surface area contributed by atoms with Crippen LogP contribution in [-0.2, 0) is 24.3 Å². The highest BCUT2D eigenvalue weighted by Crippen LogP contribution is 2.24. The molecule has 0 bridgehead atoms. The molecule has 190 valence electrons. The van der Waals surface area contributed by atoms with E-state index in [0.29, 0.717) is 38.0 Å². The fourth-order valence-corrected chi connectivity index (χ4v) is 4.69. The number of hydrogen-bond acceptors (Lipinski definition) is 5. The third kappa shape index (κ3) is 6.83. The van der Waals surface area contributed by atoms with Crippen molar-refractivity contribution < 1.29 is 18.7 Å². The maximum absolute atomic E-state index is 13.9. The third-order valence-electron chi connectivity index (χ3n) is 6.59. The molecule has 3 aromatic carbocycles. The minimum absolute atomic E-state index is 0.0189. The molecule has 0 aromatic heterocycles. The van der Waals surface area contributed by atoms with Gasteiger partial charge in [-0.15, -0.1) is 0 Å². The highest BCUT2D eigenvalue weighted by Gasteiger charge is 2.36. The smallest absolute Gasteiger partial charge is 0.237 e. The summed E-state index contributed by atoms with van der Waals surface area (Å²) in [7, 11) is 3.28. The summed E-state index contributed by atoms with van der Waals surface area (Å²) in [5.74, 6) is 1.23. The van der Waals surface area contributed by atoms with Gasteiger partial charge in [-0.05, 0) is 47.7 Å². The second-order valence-electron chi connectivity index (χ2n) is 9.10. The normalized spacial score (nSPS) is 17.6. The third-order valence-corrected chi connectivity index (χ3v) is 6.59. The molecule has 1 aliphatic rings. The number of halogens is 1. The average molecular weight is 492 g/mol. The summed E-state index contributed by atoms with van der Waals surface area (Å²) in [6.07, 6.45) is 1.16. The highest BCUT2D eigenvalue weighted by atomic mass is 19.1. The predicted molar refractivity (Wildman–Crippen MR) is 139 cm³/mol. The standard InChI is InChI=1S/C29H34FN3O3/c1-35-25-14-22(15-26(17-25)36-2)18-32-24-16-28(33(20-24)19-21-8-4-3-5-9-21)29(34)31-13-12-23-10-6-7-11-27(23)30/h3-11,14-15,17,24,28,32H,12-13,16,18-20H2,1-2H3,(H,31,34)/t24-,28-/m0/s1. The molecule has 7 heteroatoms. The van der Waals surface area contributed by atoms with Crippen molar-refractivity contribution in [2.45, 2.75) is 38.0 Å². The fraction of sp³-hybridized carbons (Fsp3) is 0.345.